The SMILES string of the molecule is C/C(O)=C(\Cl)P(=O)(OC(C)C)OC(C)C. The predicted molar refractivity (Wildman–Crippen MR) is 61.2 cm³/mol. The van der Waals surface area contributed by atoms with Crippen LogP contribution in [0.4, 0.5) is 0 Å². The van der Waals surface area contributed by atoms with E-state index in [-0.39, 0.29) is 22.7 Å². The molecule has 0 saturated carbocycles. The number of hydrogen-bond acceptors (Lipinski definition) is 4. The van der Waals surface area contributed by atoms with Crippen LogP contribution >= 0.6 is 19.2 Å². The average molecular weight is 257 g/mol. The molecule has 0 fully saturated rings. The number of aliphatic hydroxyl groups excluding tert-OH is 1. The van der Waals surface area contributed by atoms with Crippen LogP contribution in [0.15, 0.2) is 10.5 Å². The van der Waals surface area contributed by atoms with E-state index in [4.69, 9.17) is 20.6 Å². The van der Waals surface area contributed by atoms with E-state index >= 15 is 0 Å². The number of halogens is 1. The first-order chi connectivity index (χ1) is 6.69. The van der Waals surface area contributed by atoms with E-state index in [1.807, 2.05) is 0 Å². The van der Waals surface area contributed by atoms with Crippen LogP contribution in [0.1, 0.15) is 34.6 Å². The summed E-state index contributed by atoms with van der Waals surface area (Å²) in [5, 5.41) is 9.20. The van der Waals surface area contributed by atoms with Crippen LogP contribution in [0, 0.1) is 0 Å². The van der Waals surface area contributed by atoms with Gasteiger partial charge in [0.15, 0.2) is 4.77 Å². The predicted octanol–water partition coefficient (Wildman–Crippen LogP) is 4.02. The Kier molecular flexibility index (Phi) is 5.89. The molecule has 0 saturated heterocycles. The Morgan fingerprint density at radius 3 is 1.73 bits per heavy atom. The van der Waals surface area contributed by atoms with Gasteiger partial charge in [-0.2, -0.15) is 0 Å². The smallest absolute Gasteiger partial charge is 0.376 e. The highest BCUT2D eigenvalue weighted by Crippen LogP contribution is 2.60. The van der Waals surface area contributed by atoms with E-state index in [1.165, 1.54) is 6.92 Å². The van der Waals surface area contributed by atoms with Crippen LogP contribution in [-0.2, 0) is 13.6 Å². The molecule has 6 heteroatoms. The lowest BCUT2D eigenvalue weighted by Crippen LogP contribution is -2.08. The Hall–Kier alpha value is -0.0200. The van der Waals surface area contributed by atoms with Gasteiger partial charge in [0, 0.05) is 0 Å². The number of allylic oxidation sites excluding steroid dienone is 1. The number of aliphatic hydroxyl groups is 1. The Labute approximate surface area is 95.8 Å². The van der Waals surface area contributed by atoms with Gasteiger partial charge < -0.3 is 14.2 Å². The van der Waals surface area contributed by atoms with Crippen LogP contribution in [-0.4, -0.2) is 17.3 Å². The summed E-state index contributed by atoms with van der Waals surface area (Å²) < 4.78 is 22.2. The summed E-state index contributed by atoms with van der Waals surface area (Å²) in [6.07, 6.45) is -0.606. The highest BCUT2D eigenvalue weighted by Gasteiger charge is 2.33. The van der Waals surface area contributed by atoms with Gasteiger partial charge >= 0.3 is 7.60 Å². The van der Waals surface area contributed by atoms with Crippen molar-refractivity contribution in [3.63, 3.8) is 0 Å². The van der Waals surface area contributed by atoms with Gasteiger partial charge in [0.05, 0.1) is 12.2 Å². The highest BCUT2D eigenvalue weighted by atomic mass is 35.5. The molecule has 0 heterocycles. The molecule has 0 amide bonds. The molecule has 90 valence electrons. The van der Waals surface area contributed by atoms with Crippen molar-refractivity contribution in [2.45, 2.75) is 46.8 Å². The van der Waals surface area contributed by atoms with Gasteiger partial charge in [0.25, 0.3) is 0 Å². The van der Waals surface area contributed by atoms with Crippen molar-refractivity contribution < 1.29 is 18.7 Å². The van der Waals surface area contributed by atoms with Crippen LogP contribution in [0.2, 0.25) is 0 Å². The van der Waals surface area contributed by atoms with E-state index in [2.05, 4.69) is 0 Å². The molecule has 0 radical (unpaired) electrons. The monoisotopic (exact) mass is 256 g/mol. The van der Waals surface area contributed by atoms with E-state index < -0.39 is 7.60 Å². The number of hydrogen-bond donors (Lipinski definition) is 1. The largest absolute Gasteiger partial charge is 0.511 e. The standard InChI is InChI=1S/C9H18ClO4P/c1-6(2)13-15(12,14-7(3)4)9(10)8(5)11/h6-7,11H,1-5H3/b9-8-. The second kappa shape index (κ2) is 5.90. The fourth-order valence-corrected chi connectivity index (χ4v) is 2.85. The van der Waals surface area contributed by atoms with Crippen molar-refractivity contribution in [3.8, 4) is 0 Å². The molecule has 0 unspecified atom stereocenters. The van der Waals surface area contributed by atoms with Crippen molar-refractivity contribution in [2.24, 2.45) is 0 Å². The maximum Gasteiger partial charge on any atom is 0.376 e. The summed E-state index contributed by atoms with van der Waals surface area (Å²) in [6.45, 7) is 8.20. The molecule has 1 N–H and O–H groups in total. The highest BCUT2D eigenvalue weighted by molar-refractivity contribution is 7.61. The Bertz CT molecular complexity index is 268. The first kappa shape index (κ1) is 15.0. The molecule has 0 aromatic rings. The third-order valence-corrected chi connectivity index (χ3v) is 4.34. The molecule has 0 aliphatic rings. The topological polar surface area (TPSA) is 55.8 Å². The van der Waals surface area contributed by atoms with Gasteiger partial charge in [-0.05, 0) is 34.6 Å². The van der Waals surface area contributed by atoms with Gasteiger partial charge in [0.1, 0.15) is 5.76 Å². The molecule has 0 aromatic heterocycles. The molecule has 4 nitrogen and oxygen atoms in total. The Balaban J connectivity index is 5.04. The van der Waals surface area contributed by atoms with Crippen LogP contribution in [0.5, 0.6) is 0 Å². The van der Waals surface area contributed by atoms with Crippen molar-refractivity contribution >= 4 is 19.2 Å². The molecular weight excluding hydrogens is 239 g/mol. The molecule has 0 spiro atoms. The van der Waals surface area contributed by atoms with Gasteiger partial charge in [0.2, 0.25) is 0 Å². The average Bonchev–Trinajstić information content (AvgIpc) is 1.99. The summed E-state index contributed by atoms with van der Waals surface area (Å²) in [7, 11) is -3.58. The summed E-state index contributed by atoms with van der Waals surface area (Å²) in [5.74, 6) is -0.249. The first-order valence-corrected chi connectivity index (χ1v) is 6.64. The molecule has 0 atom stereocenters. The Morgan fingerprint density at radius 2 is 1.53 bits per heavy atom. The van der Waals surface area contributed by atoms with Gasteiger partial charge in [-0.15, -0.1) is 0 Å². The van der Waals surface area contributed by atoms with Gasteiger partial charge in [-0.25, -0.2) is 0 Å². The van der Waals surface area contributed by atoms with Crippen LogP contribution in [0.25, 0.3) is 0 Å². The molecular formula is C9H18ClO4P. The summed E-state index contributed by atoms with van der Waals surface area (Å²) >= 11 is 5.73. The molecule has 0 aliphatic heterocycles. The molecule has 0 rings (SSSR count). The summed E-state index contributed by atoms with van der Waals surface area (Å²) in [5.41, 5.74) is 0. The minimum Gasteiger partial charge on any atom is -0.511 e. The maximum atomic E-state index is 12.2. The third-order valence-electron chi connectivity index (χ3n) is 1.24. The summed E-state index contributed by atoms with van der Waals surface area (Å²) in [6, 6.07) is 0. The molecule has 0 bridgehead atoms. The lowest BCUT2D eigenvalue weighted by molar-refractivity contribution is 0.148. The van der Waals surface area contributed by atoms with E-state index in [0.717, 1.165) is 0 Å². The summed E-state index contributed by atoms with van der Waals surface area (Å²) in [4.78, 5) is 0. The quantitative estimate of drug-likeness (QED) is 0.596. The van der Waals surface area contributed by atoms with Crippen molar-refractivity contribution in [1.29, 1.82) is 0 Å². The second-order valence-electron chi connectivity index (χ2n) is 3.68. The molecule has 0 aliphatic carbocycles. The maximum absolute atomic E-state index is 12.2. The van der Waals surface area contributed by atoms with E-state index in [0.29, 0.717) is 0 Å². The lowest BCUT2D eigenvalue weighted by atomic mass is 10.5. The zero-order valence-electron chi connectivity index (χ0n) is 9.65. The Morgan fingerprint density at radius 1 is 1.20 bits per heavy atom. The lowest BCUT2D eigenvalue weighted by Gasteiger charge is -2.22. The zero-order chi connectivity index (χ0) is 12.2. The van der Waals surface area contributed by atoms with Gasteiger partial charge in [-0.3, -0.25) is 4.57 Å². The molecule has 15 heavy (non-hydrogen) atoms. The van der Waals surface area contributed by atoms with Crippen molar-refractivity contribution in [2.75, 3.05) is 0 Å². The van der Waals surface area contributed by atoms with Crippen molar-refractivity contribution in [1.82, 2.24) is 0 Å². The van der Waals surface area contributed by atoms with Crippen LogP contribution in [0.3, 0.4) is 0 Å². The van der Waals surface area contributed by atoms with Crippen molar-refractivity contribution in [3.05, 3.63) is 10.5 Å². The number of rotatable bonds is 5. The zero-order valence-corrected chi connectivity index (χ0v) is 11.3. The fourth-order valence-electron chi connectivity index (χ4n) is 0.871. The second-order valence-corrected chi connectivity index (χ2v) is 6.19. The minimum atomic E-state index is -3.58. The van der Waals surface area contributed by atoms with Gasteiger partial charge in [-0.1, -0.05) is 11.6 Å². The van der Waals surface area contributed by atoms with E-state index in [9.17, 15) is 9.67 Å². The molecule has 0 aromatic carbocycles. The minimum absolute atomic E-state index is 0.249. The first-order valence-electron chi connectivity index (χ1n) is 4.71. The third kappa shape index (κ3) is 5.03. The van der Waals surface area contributed by atoms with E-state index in [1.54, 1.807) is 27.7 Å². The normalized spacial score (nSPS) is 14.7. The van der Waals surface area contributed by atoms with Crippen LogP contribution < -0.4 is 0 Å². The fraction of sp³-hybridized carbons (Fsp3) is 0.778.